The molecule has 2 aliphatic heterocycles. The third-order valence-corrected chi connectivity index (χ3v) is 7.34. The number of rotatable bonds is 5. The summed E-state index contributed by atoms with van der Waals surface area (Å²) in [4.78, 5) is 20.1. The van der Waals surface area contributed by atoms with Crippen LogP contribution in [0.3, 0.4) is 0 Å². The van der Waals surface area contributed by atoms with Crippen molar-refractivity contribution in [2.24, 2.45) is 9.98 Å². The predicted octanol–water partition coefficient (Wildman–Crippen LogP) is 8.14. The monoisotopic (exact) mass is 514 g/mol. The zero-order valence-corrected chi connectivity index (χ0v) is 22.7. The molecule has 0 aromatic heterocycles. The van der Waals surface area contributed by atoms with Crippen molar-refractivity contribution in [1.82, 2.24) is 0 Å². The number of nitrogens with two attached hydrogens (primary N) is 1. The van der Waals surface area contributed by atoms with Crippen LogP contribution in [-0.4, -0.2) is 18.3 Å². The molecule has 0 spiro atoms. The van der Waals surface area contributed by atoms with Crippen molar-refractivity contribution in [3.05, 3.63) is 107 Å². The lowest BCUT2D eigenvalue weighted by Crippen LogP contribution is -2.05. The van der Waals surface area contributed by atoms with Gasteiger partial charge >= 0.3 is 0 Å². The Hall–Kier alpha value is -4.51. The van der Waals surface area contributed by atoms with E-state index < -0.39 is 0 Å². The first kappa shape index (κ1) is 26.1. The maximum atomic E-state index is 11.2. The van der Waals surface area contributed by atoms with E-state index in [-0.39, 0.29) is 11.8 Å². The molecule has 5 heteroatoms. The third-order valence-electron chi connectivity index (χ3n) is 7.34. The van der Waals surface area contributed by atoms with Gasteiger partial charge < -0.3 is 11.1 Å². The van der Waals surface area contributed by atoms with E-state index in [9.17, 15) is 4.79 Å². The van der Waals surface area contributed by atoms with Gasteiger partial charge in [-0.05, 0) is 56.9 Å². The van der Waals surface area contributed by atoms with Crippen molar-refractivity contribution >= 4 is 51.3 Å². The fraction of sp³-hybridized carbons (Fsp3) is 0.206. The number of hydrogen-bond acceptors (Lipinski definition) is 4. The van der Waals surface area contributed by atoms with Crippen molar-refractivity contribution in [2.45, 2.75) is 45.4 Å². The number of carbonyl (C=O) groups excluding carboxylic acids is 1. The quantitative estimate of drug-likeness (QED) is 0.264. The number of allylic oxidation sites excluding steroid dienone is 4. The molecule has 4 aromatic carbocycles. The van der Waals surface area contributed by atoms with Gasteiger partial charge in [0.1, 0.15) is 0 Å². The number of nitrogens with one attached hydrogen (secondary N) is 1. The summed E-state index contributed by atoms with van der Waals surface area (Å²) in [5.74, 6) is 0.511. The second-order valence-corrected chi connectivity index (χ2v) is 10.1. The van der Waals surface area contributed by atoms with Crippen molar-refractivity contribution in [1.29, 1.82) is 0 Å². The molecule has 2 aliphatic rings. The third kappa shape index (κ3) is 5.83. The van der Waals surface area contributed by atoms with E-state index in [0.717, 1.165) is 35.6 Å². The molecule has 2 heterocycles. The first-order chi connectivity index (χ1) is 18.9. The molecule has 2 unspecified atom stereocenters. The number of anilines is 2. The largest absolute Gasteiger partial charge is 0.399 e. The van der Waals surface area contributed by atoms with Crippen LogP contribution in [0.4, 0.5) is 11.4 Å². The zero-order chi connectivity index (χ0) is 27.4. The van der Waals surface area contributed by atoms with Gasteiger partial charge in [-0.2, -0.15) is 0 Å². The van der Waals surface area contributed by atoms with Crippen LogP contribution in [0, 0.1) is 0 Å². The topological polar surface area (TPSA) is 79.8 Å². The van der Waals surface area contributed by atoms with Crippen LogP contribution < -0.4 is 11.1 Å². The summed E-state index contributed by atoms with van der Waals surface area (Å²) in [5.41, 5.74) is 12.4. The van der Waals surface area contributed by atoms with Gasteiger partial charge in [0.25, 0.3) is 0 Å². The molecule has 3 N–H and O–H groups in total. The van der Waals surface area contributed by atoms with Gasteiger partial charge in [-0.15, -0.1) is 0 Å². The Morgan fingerprint density at radius 3 is 1.82 bits per heavy atom. The maximum absolute atomic E-state index is 11.2. The van der Waals surface area contributed by atoms with Crippen LogP contribution >= 0.6 is 0 Å². The minimum Gasteiger partial charge on any atom is -0.399 e. The number of hydrogen-bond donors (Lipinski definition) is 2. The van der Waals surface area contributed by atoms with E-state index in [2.05, 4.69) is 89.8 Å². The zero-order valence-electron chi connectivity index (χ0n) is 22.7. The number of nitrogens with zero attached hydrogens (tertiary/aromatic N) is 2. The summed E-state index contributed by atoms with van der Waals surface area (Å²) in [5, 5.41) is 7.65. The van der Waals surface area contributed by atoms with Gasteiger partial charge in [0.2, 0.25) is 5.91 Å². The lowest BCUT2D eigenvalue weighted by atomic mass is 9.92. The van der Waals surface area contributed by atoms with Crippen LogP contribution in [0.15, 0.2) is 106 Å². The SMILES string of the molecule is CC(=O)Nc1ccc2cccc(C(C)C3=CCC=N3)c2c1.CC(C1=CCC=N1)c1cccc2ccc(N)cc12. The highest BCUT2D eigenvalue weighted by Gasteiger charge is 2.16. The first-order valence-corrected chi connectivity index (χ1v) is 13.4. The summed E-state index contributed by atoms with van der Waals surface area (Å²) in [7, 11) is 0. The number of carbonyl (C=O) groups is 1. The van der Waals surface area contributed by atoms with E-state index >= 15 is 0 Å². The smallest absolute Gasteiger partial charge is 0.221 e. The standard InChI is InChI=1S/C18H18N2O.C16H16N2/c1-12(18-7-4-10-19-18)16-6-3-5-14-8-9-15(11-17(14)16)20-13(2)21;1-11(16-6-3-9-18-16)14-5-2-4-12-7-8-13(17)10-15(12)14/h3,5-12H,4H2,1-2H3,(H,20,21);2,4-11H,3,17H2,1H3. The molecular formula is C34H34N4O. The van der Waals surface area contributed by atoms with E-state index in [1.807, 2.05) is 36.7 Å². The first-order valence-electron chi connectivity index (χ1n) is 13.4. The van der Waals surface area contributed by atoms with Crippen molar-refractivity contribution in [2.75, 3.05) is 11.1 Å². The molecule has 1 amide bonds. The average molecular weight is 515 g/mol. The van der Waals surface area contributed by atoms with Crippen LogP contribution in [0.25, 0.3) is 21.5 Å². The highest BCUT2D eigenvalue weighted by Crippen LogP contribution is 2.34. The van der Waals surface area contributed by atoms with Crippen molar-refractivity contribution in [3.8, 4) is 0 Å². The van der Waals surface area contributed by atoms with Gasteiger partial charge in [0.15, 0.2) is 0 Å². The molecule has 0 fully saturated rings. The van der Waals surface area contributed by atoms with Gasteiger partial charge in [-0.25, -0.2) is 0 Å². The number of nitrogen functional groups attached to an aromatic ring is 1. The van der Waals surface area contributed by atoms with E-state index in [0.29, 0.717) is 5.92 Å². The Kier molecular flexibility index (Phi) is 7.69. The summed E-state index contributed by atoms with van der Waals surface area (Å²) < 4.78 is 0. The van der Waals surface area contributed by atoms with Crippen molar-refractivity contribution < 1.29 is 4.79 Å². The fourth-order valence-corrected chi connectivity index (χ4v) is 5.31. The molecule has 2 atom stereocenters. The van der Waals surface area contributed by atoms with Crippen LogP contribution in [0.2, 0.25) is 0 Å². The van der Waals surface area contributed by atoms with E-state index in [1.165, 1.54) is 39.6 Å². The Balaban J connectivity index is 0.000000160. The summed E-state index contributed by atoms with van der Waals surface area (Å²) in [6.45, 7) is 5.90. The Labute approximate surface area is 229 Å². The Morgan fingerprint density at radius 2 is 1.31 bits per heavy atom. The number of fused-ring (bicyclic) bond motifs is 2. The Morgan fingerprint density at radius 1 is 0.769 bits per heavy atom. The lowest BCUT2D eigenvalue weighted by molar-refractivity contribution is -0.114. The fourth-order valence-electron chi connectivity index (χ4n) is 5.31. The maximum Gasteiger partial charge on any atom is 0.221 e. The molecule has 0 radical (unpaired) electrons. The minimum atomic E-state index is -0.0528. The summed E-state index contributed by atoms with van der Waals surface area (Å²) in [6.07, 6.45) is 10.1. The van der Waals surface area contributed by atoms with Gasteiger partial charge in [-0.1, -0.05) is 74.5 Å². The highest BCUT2D eigenvalue weighted by molar-refractivity contribution is 5.95. The van der Waals surface area contributed by atoms with E-state index in [1.54, 1.807) is 0 Å². The minimum absolute atomic E-state index is 0.0528. The normalized spacial score (nSPS) is 15.5. The van der Waals surface area contributed by atoms with Crippen LogP contribution in [0.5, 0.6) is 0 Å². The van der Waals surface area contributed by atoms with Crippen LogP contribution in [0.1, 0.15) is 56.6 Å². The molecule has 5 nitrogen and oxygen atoms in total. The highest BCUT2D eigenvalue weighted by atomic mass is 16.1. The number of aliphatic imine (C=N–C) groups is 2. The second-order valence-electron chi connectivity index (χ2n) is 10.1. The molecule has 6 rings (SSSR count). The molecule has 0 aliphatic carbocycles. The molecule has 0 bridgehead atoms. The molecule has 196 valence electrons. The molecule has 39 heavy (non-hydrogen) atoms. The van der Waals surface area contributed by atoms with E-state index in [4.69, 9.17) is 5.73 Å². The lowest BCUT2D eigenvalue weighted by Gasteiger charge is -2.15. The summed E-state index contributed by atoms with van der Waals surface area (Å²) in [6, 6.07) is 24.8. The Bertz CT molecular complexity index is 1660. The molecular weight excluding hydrogens is 480 g/mol. The van der Waals surface area contributed by atoms with Gasteiger partial charge in [0.05, 0.1) is 0 Å². The van der Waals surface area contributed by atoms with Gasteiger partial charge in [-0.3, -0.25) is 14.8 Å². The van der Waals surface area contributed by atoms with Crippen LogP contribution in [-0.2, 0) is 4.79 Å². The average Bonchev–Trinajstić information content (AvgIpc) is 3.67. The predicted molar refractivity (Wildman–Crippen MR) is 166 cm³/mol. The summed E-state index contributed by atoms with van der Waals surface area (Å²) >= 11 is 0. The molecule has 0 saturated heterocycles. The van der Waals surface area contributed by atoms with Crippen molar-refractivity contribution in [3.63, 3.8) is 0 Å². The number of amides is 1. The second kappa shape index (κ2) is 11.5. The number of benzene rings is 4. The van der Waals surface area contributed by atoms with Gasteiger partial charge in [0, 0.05) is 66.8 Å². The molecule has 4 aromatic rings. The molecule has 0 saturated carbocycles.